The first-order chi connectivity index (χ1) is 9.43. The molecule has 0 bridgehead atoms. The number of primary amides is 1. The van der Waals surface area contributed by atoms with Crippen molar-refractivity contribution < 1.29 is 4.79 Å². The van der Waals surface area contributed by atoms with Gasteiger partial charge in [-0.05, 0) is 31.2 Å². The van der Waals surface area contributed by atoms with Crippen LogP contribution in [0.3, 0.4) is 0 Å². The molecule has 2 aromatic rings. The Hall–Kier alpha value is -1.52. The summed E-state index contributed by atoms with van der Waals surface area (Å²) in [6.07, 6.45) is 0. The predicted molar refractivity (Wildman–Crippen MR) is 85.8 cm³/mol. The molecule has 3 nitrogen and oxygen atoms in total. The SMILES string of the molecule is CC(Nc1ccccc1)(C(N)=O)c1ccc(Br)cc1Cl. The standard InChI is InChI=1S/C15H14BrClN2O/c1-15(14(18)20,19-11-5-3-2-4-6-11)12-8-7-10(16)9-13(12)17/h2-9,19H,1H3,(H2,18,20). The molecule has 0 saturated heterocycles. The van der Waals surface area contributed by atoms with E-state index in [2.05, 4.69) is 21.2 Å². The van der Waals surface area contributed by atoms with Crippen LogP contribution in [0.1, 0.15) is 12.5 Å². The number of carbonyl (C=O) groups excluding carboxylic acids is 1. The summed E-state index contributed by atoms with van der Waals surface area (Å²) in [4.78, 5) is 12.0. The predicted octanol–water partition coefficient (Wildman–Crippen LogP) is 3.92. The van der Waals surface area contributed by atoms with Crippen molar-refractivity contribution in [1.29, 1.82) is 0 Å². The third-order valence-electron chi connectivity index (χ3n) is 3.13. The highest BCUT2D eigenvalue weighted by Crippen LogP contribution is 2.33. The van der Waals surface area contributed by atoms with Gasteiger partial charge in [-0.25, -0.2) is 0 Å². The molecular formula is C15H14BrClN2O. The minimum atomic E-state index is -1.08. The maximum absolute atomic E-state index is 12.0. The van der Waals surface area contributed by atoms with E-state index in [0.717, 1.165) is 10.2 Å². The third-order valence-corrected chi connectivity index (χ3v) is 3.94. The first kappa shape index (κ1) is 14.9. The fraction of sp³-hybridized carbons (Fsp3) is 0.133. The van der Waals surface area contributed by atoms with Crippen LogP contribution >= 0.6 is 27.5 Å². The molecule has 5 heteroatoms. The summed E-state index contributed by atoms with van der Waals surface area (Å²) in [5, 5.41) is 3.63. The Morgan fingerprint density at radius 1 is 1.25 bits per heavy atom. The first-order valence-corrected chi connectivity index (χ1v) is 7.19. The molecule has 1 amide bonds. The number of carbonyl (C=O) groups is 1. The van der Waals surface area contributed by atoms with E-state index in [0.29, 0.717) is 10.6 Å². The lowest BCUT2D eigenvalue weighted by atomic mass is 9.90. The Bertz CT molecular complexity index is 633. The van der Waals surface area contributed by atoms with Gasteiger partial charge in [-0.3, -0.25) is 4.79 Å². The van der Waals surface area contributed by atoms with Crippen molar-refractivity contribution in [3.8, 4) is 0 Å². The van der Waals surface area contributed by atoms with Gasteiger partial charge < -0.3 is 11.1 Å². The summed E-state index contributed by atoms with van der Waals surface area (Å²) in [6, 6.07) is 14.8. The normalized spacial score (nSPS) is 13.6. The Kier molecular flexibility index (Phi) is 4.35. The van der Waals surface area contributed by atoms with Crippen molar-refractivity contribution in [3.05, 3.63) is 63.6 Å². The van der Waals surface area contributed by atoms with Crippen molar-refractivity contribution in [1.82, 2.24) is 0 Å². The highest BCUT2D eigenvalue weighted by molar-refractivity contribution is 9.10. The van der Waals surface area contributed by atoms with E-state index in [1.807, 2.05) is 36.4 Å². The maximum atomic E-state index is 12.0. The second-order valence-electron chi connectivity index (χ2n) is 4.60. The number of halogens is 2. The quantitative estimate of drug-likeness (QED) is 0.875. The molecule has 2 rings (SSSR count). The van der Waals surface area contributed by atoms with Gasteiger partial charge in [-0.15, -0.1) is 0 Å². The van der Waals surface area contributed by atoms with Gasteiger partial charge in [0.05, 0.1) is 0 Å². The molecule has 104 valence electrons. The molecule has 0 aliphatic heterocycles. The molecule has 0 aliphatic rings. The molecule has 1 unspecified atom stereocenters. The average molecular weight is 354 g/mol. The average Bonchev–Trinajstić information content (AvgIpc) is 2.39. The van der Waals surface area contributed by atoms with Gasteiger partial charge in [0.2, 0.25) is 5.91 Å². The number of hydrogen-bond donors (Lipinski definition) is 2. The van der Waals surface area contributed by atoms with Crippen LogP contribution in [0.2, 0.25) is 5.02 Å². The van der Waals surface area contributed by atoms with Crippen LogP contribution in [0, 0.1) is 0 Å². The molecular weight excluding hydrogens is 340 g/mol. The van der Waals surface area contributed by atoms with Crippen LogP contribution in [0.15, 0.2) is 53.0 Å². The molecule has 20 heavy (non-hydrogen) atoms. The Morgan fingerprint density at radius 3 is 2.45 bits per heavy atom. The molecule has 0 aromatic heterocycles. The van der Waals surface area contributed by atoms with E-state index in [4.69, 9.17) is 17.3 Å². The Morgan fingerprint density at radius 2 is 1.90 bits per heavy atom. The van der Waals surface area contributed by atoms with E-state index in [1.54, 1.807) is 19.1 Å². The number of nitrogens with two attached hydrogens (primary N) is 1. The fourth-order valence-electron chi connectivity index (χ4n) is 1.97. The van der Waals surface area contributed by atoms with Crippen molar-refractivity contribution >= 4 is 39.1 Å². The second-order valence-corrected chi connectivity index (χ2v) is 5.93. The third kappa shape index (κ3) is 2.97. The summed E-state index contributed by atoms with van der Waals surface area (Å²) < 4.78 is 0.845. The highest BCUT2D eigenvalue weighted by Gasteiger charge is 2.35. The van der Waals surface area contributed by atoms with E-state index in [1.165, 1.54) is 0 Å². The maximum Gasteiger partial charge on any atom is 0.247 e. The summed E-state index contributed by atoms with van der Waals surface area (Å²) >= 11 is 9.59. The van der Waals surface area contributed by atoms with E-state index in [9.17, 15) is 4.79 Å². The molecule has 2 aromatic carbocycles. The zero-order valence-corrected chi connectivity index (χ0v) is 13.2. The topological polar surface area (TPSA) is 55.1 Å². The number of benzene rings is 2. The van der Waals surface area contributed by atoms with Crippen molar-refractivity contribution in [2.75, 3.05) is 5.32 Å². The van der Waals surface area contributed by atoms with E-state index in [-0.39, 0.29) is 0 Å². The lowest BCUT2D eigenvalue weighted by Gasteiger charge is -2.30. The zero-order valence-electron chi connectivity index (χ0n) is 10.9. The van der Waals surface area contributed by atoms with Crippen LogP contribution in [-0.2, 0) is 10.3 Å². The van der Waals surface area contributed by atoms with Gasteiger partial charge in [0, 0.05) is 20.7 Å². The largest absolute Gasteiger partial charge is 0.368 e. The number of nitrogens with one attached hydrogen (secondary N) is 1. The Balaban J connectivity index is 2.47. The molecule has 0 heterocycles. The number of hydrogen-bond acceptors (Lipinski definition) is 2. The van der Waals surface area contributed by atoms with Crippen molar-refractivity contribution in [2.24, 2.45) is 5.73 Å². The number of anilines is 1. The smallest absolute Gasteiger partial charge is 0.247 e. The monoisotopic (exact) mass is 352 g/mol. The van der Waals surface area contributed by atoms with Crippen molar-refractivity contribution in [3.63, 3.8) is 0 Å². The van der Waals surface area contributed by atoms with E-state index >= 15 is 0 Å². The van der Waals surface area contributed by atoms with Crippen LogP contribution in [-0.4, -0.2) is 5.91 Å². The molecule has 0 spiro atoms. The molecule has 3 N–H and O–H groups in total. The number of rotatable bonds is 4. The minimum Gasteiger partial charge on any atom is -0.368 e. The van der Waals surface area contributed by atoms with Gasteiger partial charge in [0.15, 0.2) is 0 Å². The summed E-state index contributed by atoms with van der Waals surface area (Å²) in [5.41, 5.74) is 5.94. The fourth-order valence-corrected chi connectivity index (χ4v) is 2.83. The van der Waals surface area contributed by atoms with Crippen LogP contribution < -0.4 is 11.1 Å². The van der Waals surface area contributed by atoms with Gasteiger partial charge >= 0.3 is 0 Å². The Labute approximate surface area is 131 Å². The van der Waals surface area contributed by atoms with Crippen molar-refractivity contribution in [2.45, 2.75) is 12.5 Å². The summed E-state index contributed by atoms with van der Waals surface area (Å²) in [5.74, 6) is -0.495. The second kappa shape index (κ2) is 5.85. The van der Waals surface area contributed by atoms with Gasteiger partial charge in [-0.1, -0.05) is 51.8 Å². The molecule has 0 radical (unpaired) electrons. The van der Waals surface area contributed by atoms with Crippen LogP contribution in [0.25, 0.3) is 0 Å². The molecule has 0 fully saturated rings. The summed E-state index contributed by atoms with van der Waals surface area (Å²) in [6.45, 7) is 1.72. The summed E-state index contributed by atoms with van der Waals surface area (Å²) in [7, 11) is 0. The van der Waals surface area contributed by atoms with Crippen LogP contribution in [0.4, 0.5) is 5.69 Å². The molecule has 0 aliphatic carbocycles. The van der Waals surface area contributed by atoms with Gasteiger partial charge in [-0.2, -0.15) is 0 Å². The lowest BCUT2D eigenvalue weighted by Crippen LogP contribution is -2.45. The number of amides is 1. The van der Waals surface area contributed by atoms with Crippen LogP contribution in [0.5, 0.6) is 0 Å². The number of para-hydroxylation sites is 1. The molecule has 1 atom stereocenters. The lowest BCUT2D eigenvalue weighted by molar-refractivity contribution is -0.122. The van der Waals surface area contributed by atoms with Gasteiger partial charge in [0.25, 0.3) is 0 Å². The molecule has 0 saturated carbocycles. The first-order valence-electron chi connectivity index (χ1n) is 6.02. The van der Waals surface area contributed by atoms with Gasteiger partial charge in [0.1, 0.15) is 5.54 Å². The zero-order chi connectivity index (χ0) is 14.8. The van der Waals surface area contributed by atoms with E-state index < -0.39 is 11.4 Å². The highest BCUT2D eigenvalue weighted by atomic mass is 79.9. The minimum absolute atomic E-state index is 0.476.